The number of hydrogen-bond acceptors (Lipinski definition) is 3. The van der Waals surface area contributed by atoms with Crippen LogP contribution in [0.1, 0.15) is 0 Å². The molecule has 0 bridgehead atoms. The van der Waals surface area contributed by atoms with Gasteiger partial charge in [-0.25, -0.2) is 0 Å². The number of nitrogens with zero attached hydrogens (tertiary/aromatic N) is 1. The Balaban J connectivity index is 2.11. The van der Waals surface area contributed by atoms with Crippen LogP contribution in [0.15, 0.2) is 57.4 Å². The van der Waals surface area contributed by atoms with E-state index in [1.54, 1.807) is 6.07 Å². The number of benzene rings is 2. The highest BCUT2D eigenvalue weighted by Gasteiger charge is 2.11. The van der Waals surface area contributed by atoms with Crippen molar-refractivity contribution in [1.29, 1.82) is 0 Å². The van der Waals surface area contributed by atoms with Crippen LogP contribution < -0.4 is 0 Å². The third kappa shape index (κ3) is 2.24. The predicted octanol–water partition coefficient (Wildman–Crippen LogP) is 4.77. The lowest BCUT2D eigenvalue weighted by Gasteiger charge is -1.95. The second-order valence-electron chi connectivity index (χ2n) is 4.10. The largest absolute Gasteiger partial charge is 0.456 e. The van der Waals surface area contributed by atoms with Crippen LogP contribution in [-0.4, -0.2) is 4.92 Å². The average Bonchev–Trinajstić information content (AvgIpc) is 2.82. The van der Waals surface area contributed by atoms with Crippen LogP contribution in [0.2, 0.25) is 0 Å². The smallest absolute Gasteiger partial charge is 0.273 e. The number of non-ortho nitro benzene ring substituents is 1. The van der Waals surface area contributed by atoms with Crippen LogP contribution in [0.4, 0.5) is 5.69 Å². The molecule has 0 aliphatic carbocycles. The summed E-state index contributed by atoms with van der Waals surface area (Å²) in [7, 11) is 0. The van der Waals surface area contributed by atoms with Crippen LogP contribution in [-0.2, 0) is 0 Å². The van der Waals surface area contributed by atoms with Crippen molar-refractivity contribution in [1.82, 2.24) is 0 Å². The fourth-order valence-electron chi connectivity index (χ4n) is 1.89. The maximum Gasteiger partial charge on any atom is 0.273 e. The summed E-state index contributed by atoms with van der Waals surface area (Å²) in [5.74, 6) is 0.697. The van der Waals surface area contributed by atoms with Gasteiger partial charge in [0.15, 0.2) is 0 Å². The molecule has 94 valence electrons. The van der Waals surface area contributed by atoms with Gasteiger partial charge in [0.25, 0.3) is 5.69 Å². The minimum atomic E-state index is -0.429. The van der Waals surface area contributed by atoms with Gasteiger partial charge < -0.3 is 4.42 Å². The minimum Gasteiger partial charge on any atom is -0.456 e. The molecule has 0 aliphatic rings. The number of hydrogen-bond donors (Lipinski definition) is 0. The molecule has 2 aromatic carbocycles. The molecule has 0 aliphatic heterocycles. The van der Waals surface area contributed by atoms with Gasteiger partial charge in [-0.1, -0.05) is 28.1 Å². The van der Waals surface area contributed by atoms with Crippen molar-refractivity contribution in [3.63, 3.8) is 0 Å². The van der Waals surface area contributed by atoms with Gasteiger partial charge in [-0.2, -0.15) is 0 Å². The lowest BCUT2D eigenvalue weighted by atomic mass is 10.1. The topological polar surface area (TPSA) is 56.3 Å². The van der Waals surface area contributed by atoms with E-state index in [0.717, 1.165) is 15.4 Å². The van der Waals surface area contributed by atoms with Gasteiger partial charge in [0, 0.05) is 21.5 Å². The first kappa shape index (κ1) is 11.9. The van der Waals surface area contributed by atoms with E-state index in [2.05, 4.69) is 15.9 Å². The highest BCUT2D eigenvalue weighted by molar-refractivity contribution is 9.10. The van der Waals surface area contributed by atoms with Crippen LogP contribution in [0.3, 0.4) is 0 Å². The fraction of sp³-hybridized carbons (Fsp3) is 0. The first-order valence-electron chi connectivity index (χ1n) is 5.57. The molecule has 0 saturated heterocycles. The zero-order valence-electron chi connectivity index (χ0n) is 9.67. The van der Waals surface area contributed by atoms with Crippen molar-refractivity contribution in [2.24, 2.45) is 0 Å². The fourth-order valence-corrected chi connectivity index (χ4v) is 2.15. The summed E-state index contributed by atoms with van der Waals surface area (Å²) >= 11 is 3.37. The quantitative estimate of drug-likeness (QED) is 0.505. The minimum absolute atomic E-state index is 0.0317. The van der Waals surface area contributed by atoms with Crippen molar-refractivity contribution < 1.29 is 9.34 Å². The Labute approximate surface area is 116 Å². The normalized spacial score (nSPS) is 10.8. The predicted molar refractivity (Wildman–Crippen MR) is 76.0 cm³/mol. The van der Waals surface area contributed by atoms with E-state index in [1.165, 1.54) is 12.1 Å². The van der Waals surface area contributed by atoms with Gasteiger partial charge in [-0.05, 0) is 24.3 Å². The van der Waals surface area contributed by atoms with Crippen molar-refractivity contribution in [3.05, 3.63) is 63.1 Å². The SMILES string of the molecule is O=[N+]([O-])c1ccc2cc(-c3ccc(Br)cc3)oc2c1. The number of fused-ring (bicyclic) bond motifs is 1. The molecule has 0 amide bonds. The molecule has 0 unspecified atom stereocenters. The van der Waals surface area contributed by atoms with E-state index in [4.69, 9.17) is 4.42 Å². The van der Waals surface area contributed by atoms with Crippen molar-refractivity contribution in [3.8, 4) is 11.3 Å². The maximum atomic E-state index is 10.7. The number of nitro benzene ring substituents is 1. The second kappa shape index (κ2) is 4.51. The molecule has 0 spiro atoms. The molecule has 5 heteroatoms. The Bertz CT molecular complexity index is 762. The molecular weight excluding hydrogens is 310 g/mol. The van der Waals surface area contributed by atoms with Crippen molar-refractivity contribution >= 4 is 32.6 Å². The Morgan fingerprint density at radius 3 is 2.47 bits per heavy atom. The van der Waals surface area contributed by atoms with Crippen LogP contribution in [0.25, 0.3) is 22.3 Å². The summed E-state index contributed by atoms with van der Waals surface area (Å²) in [4.78, 5) is 10.3. The van der Waals surface area contributed by atoms with E-state index in [9.17, 15) is 10.1 Å². The zero-order chi connectivity index (χ0) is 13.4. The molecule has 0 saturated carbocycles. The molecule has 1 heterocycles. The van der Waals surface area contributed by atoms with Crippen molar-refractivity contribution in [2.45, 2.75) is 0 Å². The first-order valence-corrected chi connectivity index (χ1v) is 6.37. The monoisotopic (exact) mass is 317 g/mol. The van der Waals surface area contributed by atoms with Gasteiger partial charge in [0.2, 0.25) is 0 Å². The standard InChI is InChI=1S/C14H8BrNO3/c15-11-4-1-9(2-5-11)13-7-10-3-6-12(16(17)18)8-14(10)19-13/h1-8H. The first-order chi connectivity index (χ1) is 9.13. The highest BCUT2D eigenvalue weighted by Crippen LogP contribution is 2.30. The van der Waals surface area contributed by atoms with Gasteiger partial charge in [-0.15, -0.1) is 0 Å². The molecule has 0 N–H and O–H groups in total. The second-order valence-corrected chi connectivity index (χ2v) is 5.01. The molecule has 0 fully saturated rings. The van der Waals surface area contributed by atoms with E-state index >= 15 is 0 Å². The maximum absolute atomic E-state index is 10.7. The van der Waals surface area contributed by atoms with Gasteiger partial charge in [0.05, 0.1) is 11.0 Å². The Morgan fingerprint density at radius 2 is 1.79 bits per heavy atom. The van der Waals surface area contributed by atoms with E-state index < -0.39 is 4.92 Å². The molecule has 0 radical (unpaired) electrons. The average molecular weight is 318 g/mol. The van der Waals surface area contributed by atoms with Crippen molar-refractivity contribution in [2.75, 3.05) is 0 Å². The number of furan rings is 1. The zero-order valence-corrected chi connectivity index (χ0v) is 11.3. The number of rotatable bonds is 2. The van der Waals surface area contributed by atoms with Gasteiger partial charge in [0.1, 0.15) is 11.3 Å². The Morgan fingerprint density at radius 1 is 1.05 bits per heavy atom. The number of nitro groups is 1. The Hall–Kier alpha value is -2.14. The lowest BCUT2D eigenvalue weighted by molar-refractivity contribution is -0.384. The van der Waals surface area contributed by atoms with Gasteiger partial charge in [-0.3, -0.25) is 10.1 Å². The summed E-state index contributed by atoms with van der Waals surface area (Å²) < 4.78 is 6.65. The third-order valence-electron chi connectivity index (χ3n) is 2.84. The van der Waals surface area contributed by atoms with Crippen LogP contribution in [0.5, 0.6) is 0 Å². The molecule has 3 aromatic rings. The van der Waals surface area contributed by atoms with Crippen LogP contribution in [0, 0.1) is 10.1 Å². The molecule has 3 rings (SSSR count). The summed E-state index contributed by atoms with van der Waals surface area (Å²) in [6.07, 6.45) is 0. The lowest BCUT2D eigenvalue weighted by Crippen LogP contribution is -1.85. The molecule has 4 nitrogen and oxygen atoms in total. The number of halogens is 1. The Kier molecular flexibility index (Phi) is 2.83. The summed E-state index contributed by atoms with van der Waals surface area (Å²) in [5, 5.41) is 11.6. The summed E-state index contributed by atoms with van der Waals surface area (Å²) in [6, 6.07) is 14.2. The van der Waals surface area contributed by atoms with Gasteiger partial charge >= 0.3 is 0 Å². The highest BCUT2D eigenvalue weighted by atomic mass is 79.9. The van der Waals surface area contributed by atoms with E-state index in [1.807, 2.05) is 30.3 Å². The molecule has 19 heavy (non-hydrogen) atoms. The van der Waals surface area contributed by atoms with Crippen LogP contribution >= 0.6 is 15.9 Å². The molecule has 1 aromatic heterocycles. The molecular formula is C14H8BrNO3. The van der Waals surface area contributed by atoms with E-state index in [-0.39, 0.29) is 5.69 Å². The van der Waals surface area contributed by atoms with E-state index in [0.29, 0.717) is 11.3 Å². The third-order valence-corrected chi connectivity index (χ3v) is 3.37. The summed E-state index contributed by atoms with van der Waals surface area (Å²) in [6.45, 7) is 0. The summed E-state index contributed by atoms with van der Waals surface area (Å²) in [5.41, 5.74) is 1.48. The molecule has 0 atom stereocenters.